The van der Waals surface area contributed by atoms with Crippen molar-refractivity contribution in [1.29, 1.82) is 0 Å². The van der Waals surface area contributed by atoms with Crippen LogP contribution in [0.15, 0.2) is 48.5 Å². The van der Waals surface area contributed by atoms with Gasteiger partial charge in [-0.3, -0.25) is 14.4 Å². The average molecular weight is 526 g/mol. The number of carbonyl (C=O) groups excluding carboxylic acids is 3. The lowest BCUT2D eigenvalue weighted by molar-refractivity contribution is -0.151. The number of Topliss-reactive ketones (excluding diaryl/α,β-unsaturated/α-hetero) is 1. The summed E-state index contributed by atoms with van der Waals surface area (Å²) in [4.78, 5) is 39.5. The molecule has 0 saturated carbocycles. The number of hydrogen-bond donors (Lipinski definition) is 1. The molecular weight excluding hydrogens is 490 g/mol. The topological polar surface area (TPSA) is 109 Å². The third-order valence-electron chi connectivity index (χ3n) is 6.76. The van der Waals surface area contributed by atoms with Crippen molar-refractivity contribution in [2.75, 3.05) is 39.6 Å². The second kappa shape index (κ2) is 13.4. The van der Waals surface area contributed by atoms with Gasteiger partial charge in [0.2, 0.25) is 0 Å². The van der Waals surface area contributed by atoms with Crippen LogP contribution < -0.4 is 14.8 Å². The van der Waals surface area contributed by atoms with E-state index in [2.05, 4.69) is 5.32 Å². The molecular formula is C29H35NO8. The Kier molecular flexibility index (Phi) is 9.73. The zero-order valence-corrected chi connectivity index (χ0v) is 21.9. The van der Waals surface area contributed by atoms with Crippen molar-refractivity contribution in [3.05, 3.63) is 59.7 Å². The zero-order chi connectivity index (χ0) is 26.9. The smallest absolute Gasteiger partial charge is 0.306 e. The van der Waals surface area contributed by atoms with Crippen molar-refractivity contribution in [2.24, 2.45) is 11.8 Å². The summed E-state index contributed by atoms with van der Waals surface area (Å²) in [7, 11) is 0. The molecule has 2 aromatic rings. The summed E-state index contributed by atoms with van der Waals surface area (Å²) in [5.41, 5.74) is 1.48. The molecule has 1 N–H and O–H groups in total. The molecule has 9 nitrogen and oxygen atoms in total. The van der Waals surface area contributed by atoms with E-state index in [0.29, 0.717) is 37.9 Å². The summed E-state index contributed by atoms with van der Waals surface area (Å²) in [6.07, 6.45) is -0.266. The van der Waals surface area contributed by atoms with Crippen LogP contribution in [0.3, 0.4) is 0 Å². The van der Waals surface area contributed by atoms with Gasteiger partial charge in [-0.25, -0.2) is 0 Å². The Bertz CT molecular complexity index is 1040. The predicted molar refractivity (Wildman–Crippen MR) is 138 cm³/mol. The van der Waals surface area contributed by atoms with E-state index in [1.54, 1.807) is 13.8 Å². The first-order chi connectivity index (χ1) is 18.5. The number of rotatable bonds is 6. The van der Waals surface area contributed by atoms with Gasteiger partial charge < -0.3 is 29.0 Å². The molecule has 0 amide bonds. The van der Waals surface area contributed by atoms with Gasteiger partial charge in [-0.15, -0.1) is 0 Å². The lowest BCUT2D eigenvalue weighted by atomic mass is 9.72. The number of para-hydroxylation sites is 2. The van der Waals surface area contributed by atoms with Crippen LogP contribution in [0.25, 0.3) is 0 Å². The van der Waals surface area contributed by atoms with Crippen molar-refractivity contribution in [3.8, 4) is 11.5 Å². The summed E-state index contributed by atoms with van der Waals surface area (Å²) >= 11 is 0. The molecule has 38 heavy (non-hydrogen) atoms. The minimum absolute atomic E-state index is 0.133. The SMILES string of the molecule is CCOC(=O)C[C@@H]1C(=O)[C@@H](CC(=O)OCC)[C@@H]2N[C@@H]1c1ccccc1OCCOCCOc1ccccc12. The number of carbonyl (C=O) groups is 3. The first-order valence-corrected chi connectivity index (χ1v) is 13.2. The summed E-state index contributed by atoms with van der Waals surface area (Å²) in [5.74, 6) is -1.54. The highest BCUT2D eigenvalue weighted by molar-refractivity contribution is 5.92. The molecule has 204 valence electrons. The maximum absolute atomic E-state index is 14.2. The highest BCUT2D eigenvalue weighted by atomic mass is 16.5. The summed E-state index contributed by atoms with van der Waals surface area (Å²) < 4.78 is 28.2. The molecule has 0 aromatic heterocycles. The fourth-order valence-electron chi connectivity index (χ4n) is 5.14. The van der Waals surface area contributed by atoms with Crippen molar-refractivity contribution in [3.63, 3.8) is 0 Å². The Morgan fingerprint density at radius 1 is 0.763 bits per heavy atom. The molecule has 0 spiro atoms. The van der Waals surface area contributed by atoms with Crippen LogP contribution in [-0.4, -0.2) is 57.4 Å². The van der Waals surface area contributed by atoms with Gasteiger partial charge in [-0.05, 0) is 26.0 Å². The summed E-state index contributed by atoms with van der Waals surface area (Å²) in [6.45, 7) is 5.22. The third-order valence-corrected chi connectivity index (χ3v) is 6.76. The minimum Gasteiger partial charge on any atom is -0.491 e. The van der Waals surface area contributed by atoms with Crippen LogP contribution in [0, 0.1) is 11.8 Å². The van der Waals surface area contributed by atoms with Crippen LogP contribution in [0.1, 0.15) is 49.9 Å². The van der Waals surface area contributed by atoms with Crippen molar-refractivity contribution in [1.82, 2.24) is 5.32 Å². The summed E-state index contributed by atoms with van der Waals surface area (Å²) in [5, 5.41) is 3.62. The van der Waals surface area contributed by atoms with Crippen LogP contribution in [0.5, 0.6) is 11.5 Å². The van der Waals surface area contributed by atoms with E-state index in [-0.39, 0.29) is 31.8 Å². The van der Waals surface area contributed by atoms with Gasteiger partial charge in [0.25, 0.3) is 0 Å². The monoisotopic (exact) mass is 525 g/mol. The quantitative estimate of drug-likeness (QED) is 0.566. The first kappa shape index (κ1) is 27.6. The Morgan fingerprint density at radius 2 is 1.21 bits per heavy atom. The van der Waals surface area contributed by atoms with Gasteiger partial charge >= 0.3 is 11.9 Å². The van der Waals surface area contributed by atoms with Crippen molar-refractivity contribution >= 4 is 17.7 Å². The van der Waals surface area contributed by atoms with Crippen LogP contribution in [-0.2, 0) is 28.6 Å². The van der Waals surface area contributed by atoms with E-state index in [4.69, 9.17) is 23.7 Å². The van der Waals surface area contributed by atoms with E-state index in [1.807, 2.05) is 48.5 Å². The Balaban J connectivity index is 1.83. The van der Waals surface area contributed by atoms with Crippen molar-refractivity contribution < 1.29 is 38.1 Å². The normalized spacial score (nSPS) is 23.5. The number of nitrogens with one attached hydrogen (secondary N) is 1. The lowest BCUT2D eigenvalue weighted by Crippen LogP contribution is -2.50. The molecule has 2 bridgehead atoms. The molecule has 1 fully saturated rings. The Morgan fingerprint density at radius 3 is 1.66 bits per heavy atom. The van der Waals surface area contributed by atoms with E-state index >= 15 is 0 Å². The predicted octanol–water partition coefficient (Wildman–Crippen LogP) is 3.57. The lowest BCUT2D eigenvalue weighted by Gasteiger charge is -2.42. The maximum Gasteiger partial charge on any atom is 0.306 e. The van der Waals surface area contributed by atoms with Gasteiger partial charge in [0.05, 0.1) is 39.3 Å². The number of fused-ring (bicyclic) bond motifs is 6. The molecule has 0 aliphatic carbocycles. The van der Waals surface area contributed by atoms with Gasteiger partial charge in [0, 0.05) is 35.0 Å². The molecule has 2 aliphatic heterocycles. The minimum atomic E-state index is -0.785. The highest BCUT2D eigenvalue weighted by Crippen LogP contribution is 2.45. The number of hydrogen-bond acceptors (Lipinski definition) is 9. The largest absolute Gasteiger partial charge is 0.491 e. The van der Waals surface area contributed by atoms with Crippen molar-refractivity contribution in [2.45, 2.75) is 38.8 Å². The molecule has 1 saturated heterocycles. The van der Waals surface area contributed by atoms with Gasteiger partial charge in [-0.1, -0.05) is 36.4 Å². The maximum atomic E-state index is 14.2. The Hall–Kier alpha value is -3.43. The summed E-state index contributed by atoms with van der Waals surface area (Å²) in [6, 6.07) is 13.7. The zero-order valence-electron chi connectivity index (χ0n) is 21.9. The fraction of sp³-hybridized carbons (Fsp3) is 0.483. The second-order valence-electron chi connectivity index (χ2n) is 9.14. The molecule has 2 aliphatic rings. The molecule has 4 atom stereocenters. The van der Waals surface area contributed by atoms with Gasteiger partial charge in [0.1, 0.15) is 30.5 Å². The molecule has 2 heterocycles. The molecule has 0 radical (unpaired) electrons. The van der Waals surface area contributed by atoms with Gasteiger partial charge in [-0.2, -0.15) is 0 Å². The molecule has 0 unspecified atom stereocenters. The van der Waals surface area contributed by atoms with Crippen LogP contribution in [0.4, 0.5) is 0 Å². The third kappa shape index (κ3) is 6.52. The van der Waals surface area contributed by atoms with E-state index in [1.165, 1.54) is 0 Å². The molecule has 2 aromatic carbocycles. The highest BCUT2D eigenvalue weighted by Gasteiger charge is 2.47. The number of ether oxygens (including phenoxy) is 5. The van der Waals surface area contributed by atoms with Crippen LogP contribution in [0.2, 0.25) is 0 Å². The Labute approximate surface area is 222 Å². The van der Waals surface area contributed by atoms with E-state index in [9.17, 15) is 14.4 Å². The number of ketones is 1. The fourth-order valence-corrected chi connectivity index (χ4v) is 5.14. The average Bonchev–Trinajstić information content (AvgIpc) is 2.91. The number of esters is 2. The molecule has 9 heteroatoms. The van der Waals surface area contributed by atoms with Crippen LogP contribution >= 0.6 is 0 Å². The standard InChI is InChI=1S/C29H35NO8/c1-3-35-25(31)17-21-27-19-9-5-7-11-23(19)37-15-13-34-14-16-38-24-12-8-6-10-20(24)28(30-27)22(29(21)33)18-26(32)36-4-2/h5-12,21-22,27-28,30H,3-4,13-18H2,1-2H3/t21-,22-,27+,28+/m0/s1. The number of benzene rings is 2. The van der Waals surface area contributed by atoms with E-state index in [0.717, 1.165) is 11.1 Å². The van der Waals surface area contributed by atoms with Gasteiger partial charge in [0.15, 0.2) is 0 Å². The number of piperidine rings is 1. The second-order valence-corrected chi connectivity index (χ2v) is 9.14. The molecule has 4 rings (SSSR count). The van der Waals surface area contributed by atoms with E-state index < -0.39 is 35.9 Å². The first-order valence-electron chi connectivity index (χ1n) is 13.2.